The predicted octanol–water partition coefficient (Wildman–Crippen LogP) is 4.20. The van der Waals surface area contributed by atoms with Crippen molar-refractivity contribution in [1.29, 1.82) is 5.26 Å². The summed E-state index contributed by atoms with van der Waals surface area (Å²) in [5.74, 6) is -0.419. The molecule has 3 aromatic rings. The average Bonchev–Trinajstić information content (AvgIpc) is 3.21. The Morgan fingerprint density at radius 2 is 2.06 bits per heavy atom. The third-order valence-electron chi connectivity index (χ3n) is 5.44. The van der Waals surface area contributed by atoms with Crippen LogP contribution in [0, 0.1) is 17.1 Å². The van der Waals surface area contributed by atoms with Crippen LogP contribution in [0.2, 0.25) is 0 Å². The molecule has 1 aromatic heterocycles. The van der Waals surface area contributed by atoms with Gasteiger partial charge in [0.05, 0.1) is 23.6 Å². The first kappa shape index (κ1) is 22.7. The van der Waals surface area contributed by atoms with Crippen LogP contribution in [-0.4, -0.2) is 23.3 Å². The van der Waals surface area contributed by atoms with E-state index in [0.29, 0.717) is 18.8 Å². The van der Waals surface area contributed by atoms with Gasteiger partial charge < -0.3 is 16.0 Å². The molecular formula is C26H22FN5O2. The molecule has 8 heteroatoms. The van der Waals surface area contributed by atoms with Gasteiger partial charge in [0.1, 0.15) is 17.7 Å². The standard InChI is InChI=1S/C26H22FN5O2/c1-16(19-6-8-21(27)9-7-19)31-26(34)22-11-18(14-28)15-30-25(22)29-10-2-3-17-4-5-20-13-24(33)32-23(20)12-17/h2-9,11-12,15-16H,10,13H2,1H3,(H,29,30)(H,31,34)(H,32,33). The van der Waals surface area contributed by atoms with Crippen LogP contribution < -0.4 is 16.0 Å². The third-order valence-corrected chi connectivity index (χ3v) is 5.44. The fourth-order valence-corrected chi connectivity index (χ4v) is 3.64. The van der Waals surface area contributed by atoms with Gasteiger partial charge in [-0.3, -0.25) is 9.59 Å². The maximum Gasteiger partial charge on any atom is 0.255 e. The number of amides is 2. The number of fused-ring (bicyclic) bond motifs is 1. The molecule has 0 saturated carbocycles. The Kier molecular flexibility index (Phi) is 6.64. The number of anilines is 2. The highest BCUT2D eigenvalue weighted by Crippen LogP contribution is 2.24. The van der Waals surface area contributed by atoms with Gasteiger partial charge in [-0.1, -0.05) is 36.4 Å². The summed E-state index contributed by atoms with van der Waals surface area (Å²) in [4.78, 5) is 28.7. The number of pyridine rings is 1. The van der Waals surface area contributed by atoms with E-state index in [9.17, 15) is 19.2 Å². The van der Waals surface area contributed by atoms with E-state index in [-0.39, 0.29) is 28.9 Å². The van der Waals surface area contributed by atoms with Gasteiger partial charge in [-0.25, -0.2) is 9.37 Å². The number of carbonyl (C=O) groups is 2. The molecule has 1 aliphatic heterocycles. The van der Waals surface area contributed by atoms with E-state index in [2.05, 4.69) is 20.9 Å². The Morgan fingerprint density at radius 3 is 2.82 bits per heavy atom. The first-order chi connectivity index (χ1) is 16.4. The molecule has 1 aliphatic rings. The minimum absolute atomic E-state index is 0.00996. The third kappa shape index (κ3) is 5.27. The summed E-state index contributed by atoms with van der Waals surface area (Å²) in [7, 11) is 0. The van der Waals surface area contributed by atoms with Crippen molar-refractivity contribution >= 4 is 29.4 Å². The van der Waals surface area contributed by atoms with E-state index >= 15 is 0 Å². The van der Waals surface area contributed by atoms with Crippen molar-refractivity contribution in [2.45, 2.75) is 19.4 Å². The Bertz CT molecular complexity index is 1310. The quantitative estimate of drug-likeness (QED) is 0.495. The highest BCUT2D eigenvalue weighted by atomic mass is 19.1. The monoisotopic (exact) mass is 455 g/mol. The molecule has 0 bridgehead atoms. The lowest BCUT2D eigenvalue weighted by molar-refractivity contribution is -0.115. The van der Waals surface area contributed by atoms with Gasteiger partial charge in [0.25, 0.3) is 5.91 Å². The van der Waals surface area contributed by atoms with E-state index in [0.717, 1.165) is 22.4 Å². The smallest absolute Gasteiger partial charge is 0.255 e. The lowest BCUT2D eigenvalue weighted by Gasteiger charge is -2.16. The van der Waals surface area contributed by atoms with Crippen LogP contribution in [0.1, 0.15) is 45.6 Å². The molecule has 34 heavy (non-hydrogen) atoms. The van der Waals surface area contributed by atoms with E-state index in [1.54, 1.807) is 19.1 Å². The molecule has 1 atom stereocenters. The molecule has 1 unspecified atom stereocenters. The van der Waals surface area contributed by atoms with Crippen molar-refractivity contribution in [3.63, 3.8) is 0 Å². The molecule has 0 saturated heterocycles. The molecule has 0 spiro atoms. The fraction of sp³-hybridized carbons (Fsp3) is 0.154. The van der Waals surface area contributed by atoms with Gasteiger partial charge in [0.15, 0.2) is 0 Å². The molecule has 2 amide bonds. The van der Waals surface area contributed by atoms with Crippen molar-refractivity contribution in [1.82, 2.24) is 10.3 Å². The average molecular weight is 455 g/mol. The highest BCUT2D eigenvalue weighted by Gasteiger charge is 2.18. The van der Waals surface area contributed by atoms with Crippen LogP contribution in [0.4, 0.5) is 15.9 Å². The van der Waals surface area contributed by atoms with Gasteiger partial charge in [-0.15, -0.1) is 0 Å². The molecule has 0 aliphatic carbocycles. The summed E-state index contributed by atoms with van der Waals surface area (Å²) in [6.07, 6.45) is 5.57. The summed E-state index contributed by atoms with van der Waals surface area (Å²) >= 11 is 0. The van der Waals surface area contributed by atoms with Crippen molar-refractivity contribution in [2.24, 2.45) is 0 Å². The zero-order chi connectivity index (χ0) is 24.1. The number of hydrogen-bond donors (Lipinski definition) is 3. The first-order valence-corrected chi connectivity index (χ1v) is 10.7. The Morgan fingerprint density at radius 1 is 1.26 bits per heavy atom. The van der Waals surface area contributed by atoms with Crippen LogP contribution >= 0.6 is 0 Å². The lowest BCUT2D eigenvalue weighted by Crippen LogP contribution is -2.28. The van der Waals surface area contributed by atoms with E-state index in [4.69, 9.17) is 0 Å². The van der Waals surface area contributed by atoms with Gasteiger partial charge in [0.2, 0.25) is 5.91 Å². The predicted molar refractivity (Wildman–Crippen MR) is 128 cm³/mol. The maximum absolute atomic E-state index is 13.2. The van der Waals surface area contributed by atoms with E-state index in [1.165, 1.54) is 24.4 Å². The Balaban J connectivity index is 1.44. The number of hydrogen-bond acceptors (Lipinski definition) is 5. The number of nitrogens with zero attached hydrogens (tertiary/aromatic N) is 2. The SMILES string of the molecule is CC(NC(=O)c1cc(C#N)cnc1NCC=Cc1ccc2c(c1)NC(=O)C2)c1ccc(F)cc1. The normalized spacial score (nSPS) is 13.1. The first-order valence-electron chi connectivity index (χ1n) is 10.7. The van der Waals surface area contributed by atoms with Crippen molar-refractivity contribution in [2.75, 3.05) is 17.2 Å². The minimum Gasteiger partial charge on any atom is -0.366 e. The Hall–Kier alpha value is -4.51. The van der Waals surface area contributed by atoms with Crippen molar-refractivity contribution in [3.05, 3.63) is 94.4 Å². The fourth-order valence-electron chi connectivity index (χ4n) is 3.64. The van der Waals surface area contributed by atoms with Gasteiger partial charge in [0, 0.05) is 18.4 Å². The molecule has 4 rings (SSSR count). The zero-order valence-electron chi connectivity index (χ0n) is 18.4. The van der Waals surface area contributed by atoms with Crippen molar-refractivity contribution in [3.8, 4) is 6.07 Å². The second kappa shape index (κ2) is 9.96. The number of halogens is 1. The molecule has 0 fully saturated rings. The molecule has 2 aromatic carbocycles. The summed E-state index contributed by atoms with van der Waals surface area (Å²) in [6.45, 7) is 2.18. The molecule has 170 valence electrons. The summed E-state index contributed by atoms with van der Waals surface area (Å²) < 4.78 is 13.2. The molecule has 2 heterocycles. The maximum atomic E-state index is 13.2. The van der Waals surface area contributed by atoms with Crippen LogP contribution in [0.25, 0.3) is 6.08 Å². The number of benzene rings is 2. The Labute approximate surface area is 196 Å². The summed E-state index contributed by atoms with van der Waals surface area (Å²) in [5.41, 5.74) is 3.99. The van der Waals surface area contributed by atoms with E-state index in [1.807, 2.05) is 36.4 Å². The van der Waals surface area contributed by atoms with Crippen LogP contribution in [0.15, 0.2) is 60.8 Å². The summed E-state index contributed by atoms with van der Waals surface area (Å²) in [6, 6.07) is 14.8. The van der Waals surface area contributed by atoms with E-state index < -0.39 is 5.91 Å². The van der Waals surface area contributed by atoms with Crippen LogP contribution in [0.3, 0.4) is 0 Å². The van der Waals surface area contributed by atoms with Gasteiger partial charge in [-0.2, -0.15) is 5.26 Å². The van der Waals surface area contributed by atoms with Crippen molar-refractivity contribution < 1.29 is 14.0 Å². The highest BCUT2D eigenvalue weighted by molar-refractivity contribution is 6.00. The van der Waals surface area contributed by atoms with Gasteiger partial charge >= 0.3 is 0 Å². The molecular weight excluding hydrogens is 433 g/mol. The topological polar surface area (TPSA) is 107 Å². The molecule has 3 N–H and O–H groups in total. The van der Waals surface area contributed by atoms with Crippen LogP contribution in [-0.2, 0) is 11.2 Å². The minimum atomic E-state index is -0.401. The van der Waals surface area contributed by atoms with Gasteiger partial charge in [-0.05, 0) is 47.9 Å². The summed E-state index contributed by atoms with van der Waals surface area (Å²) in [5, 5.41) is 18.0. The van der Waals surface area contributed by atoms with Crippen LogP contribution in [0.5, 0.6) is 0 Å². The second-order valence-corrected chi connectivity index (χ2v) is 7.90. The largest absolute Gasteiger partial charge is 0.366 e. The number of carbonyl (C=O) groups excluding carboxylic acids is 2. The lowest BCUT2D eigenvalue weighted by atomic mass is 10.1. The zero-order valence-corrected chi connectivity index (χ0v) is 18.4. The molecule has 0 radical (unpaired) electrons. The number of nitrogens with one attached hydrogen (secondary N) is 3. The number of aromatic nitrogens is 1. The number of nitriles is 1. The number of rotatable bonds is 7. The second-order valence-electron chi connectivity index (χ2n) is 7.90. The molecule has 7 nitrogen and oxygen atoms in total.